The summed E-state index contributed by atoms with van der Waals surface area (Å²) in [6.45, 7) is 22.1. The highest BCUT2D eigenvalue weighted by Crippen LogP contribution is 2.42. The monoisotopic (exact) mass is 564 g/mol. The number of hydrogen-bond donors (Lipinski definition) is 0. The van der Waals surface area contributed by atoms with Gasteiger partial charge in [0.25, 0.3) is 0 Å². The van der Waals surface area contributed by atoms with E-state index in [1.807, 2.05) is 24.3 Å². The highest BCUT2D eigenvalue weighted by molar-refractivity contribution is 6.77. The predicted molar refractivity (Wildman–Crippen MR) is 165 cm³/mol. The van der Waals surface area contributed by atoms with Crippen LogP contribution in [0.25, 0.3) is 0 Å². The van der Waals surface area contributed by atoms with Gasteiger partial charge in [0.15, 0.2) is 8.32 Å². The van der Waals surface area contributed by atoms with Crippen LogP contribution in [0.1, 0.15) is 80.7 Å². The average Bonchev–Trinajstić information content (AvgIpc) is 2.89. The van der Waals surface area contributed by atoms with E-state index in [0.29, 0.717) is 49.3 Å². The molecule has 1 aromatic rings. The van der Waals surface area contributed by atoms with Crippen LogP contribution >= 0.6 is 0 Å². The van der Waals surface area contributed by atoms with Gasteiger partial charge in [0.2, 0.25) is 8.32 Å². The molecule has 0 aliphatic rings. The van der Waals surface area contributed by atoms with Gasteiger partial charge in [-0.15, -0.1) is 0 Å². The van der Waals surface area contributed by atoms with Crippen molar-refractivity contribution in [3.05, 3.63) is 41.5 Å². The van der Waals surface area contributed by atoms with Crippen LogP contribution in [-0.4, -0.2) is 49.3 Å². The van der Waals surface area contributed by atoms with Gasteiger partial charge >= 0.3 is 0 Å². The summed E-state index contributed by atoms with van der Waals surface area (Å²) in [5.74, 6) is 0.838. The smallest absolute Gasteiger partial charge is 0.200 e. The minimum Gasteiger partial charge on any atom is -0.497 e. The second-order valence-corrected chi connectivity index (χ2v) is 21.6. The zero-order valence-electron chi connectivity index (χ0n) is 26.0. The lowest BCUT2D eigenvalue weighted by Crippen LogP contribution is -2.47. The molecule has 218 valence electrons. The topological polar surface area (TPSA) is 54.0 Å². The average molecular weight is 565 g/mol. The van der Waals surface area contributed by atoms with Crippen LogP contribution in [0, 0.1) is 0 Å². The first-order chi connectivity index (χ1) is 18.0. The van der Waals surface area contributed by atoms with Gasteiger partial charge in [-0.05, 0) is 58.9 Å². The highest BCUT2D eigenvalue weighted by Gasteiger charge is 2.44. The Bertz CT molecular complexity index is 786. The van der Waals surface area contributed by atoms with Crippen molar-refractivity contribution >= 4 is 22.9 Å². The van der Waals surface area contributed by atoms with E-state index < -0.39 is 16.6 Å². The van der Waals surface area contributed by atoms with Crippen molar-refractivity contribution in [3.8, 4) is 5.75 Å². The van der Waals surface area contributed by atoms with Crippen molar-refractivity contribution in [2.75, 3.05) is 20.3 Å². The van der Waals surface area contributed by atoms with Crippen LogP contribution < -0.4 is 4.74 Å². The molecule has 1 aromatic carbocycles. The Balaban J connectivity index is 3.07. The Labute approximate surface area is 235 Å². The van der Waals surface area contributed by atoms with Crippen molar-refractivity contribution in [2.24, 2.45) is 0 Å². The number of ether oxygens (including phenoxy) is 2. The van der Waals surface area contributed by atoms with E-state index >= 15 is 0 Å². The molecule has 7 heteroatoms. The van der Waals surface area contributed by atoms with Gasteiger partial charge in [-0.3, -0.25) is 0 Å². The van der Waals surface area contributed by atoms with Crippen LogP contribution in [-0.2, 0) is 25.0 Å². The van der Waals surface area contributed by atoms with Crippen molar-refractivity contribution in [1.82, 2.24) is 0 Å². The van der Waals surface area contributed by atoms with E-state index in [0.717, 1.165) is 41.3 Å². The molecule has 0 amide bonds. The van der Waals surface area contributed by atoms with Gasteiger partial charge in [-0.2, -0.15) is 0 Å². The van der Waals surface area contributed by atoms with E-state index in [2.05, 4.69) is 68.4 Å². The SMILES string of the molecule is CC[Si](CC)(CC)O[C@@H](COCc1ccc(OC)cc1)C/C(=C/CO[Si](C(C)C)(C(C)C)C(C)C)CC=O. The van der Waals surface area contributed by atoms with Gasteiger partial charge in [0, 0.05) is 6.42 Å². The summed E-state index contributed by atoms with van der Waals surface area (Å²) < 4.78 is 25.1. The molecule has 1 atom stereocenters. The summed E-state index contributed by atoms with van der Waals surface area (Å²) in [7, 11) is -2.15. The second kappa shape index (κ2) is 17.4. The third-order valence-corrected chi connectivity index (χ3v) is 19.1. The Morgan fingerprint density at radius 2 is 1.45 bits per heavy atom. The fraction of sp³-hybridized carbons (Fsp3) is 0.710. The predicted octanol–water partition coefficient (Wildman–Crippen LogP) is 8.70. The number of carbonyl (C=O) groups excluding carboxylic acids is 1. The number of carbonyl (C=O) groups is 1. The summed E-state index contributed by atoms with van der Waals surface area (Å²) >= 11 is 0. The van der Waals surface area contributed by atoms with Gasteiger partial charge in [0.05, 0.1) is 33.0 Å². The van der Waals surface area contributed by atoms with Crippen LogP contribution in [0.2, 0.25) is 34.8 Å². The summed E-state index contributed by atoms with van der Waals surface area (Å²) in [5, 5.41) is 0. The van der Waals surface area contributed by atoms with Crippen molar-refractivity contribution < 1.29 is 23.1 Å². The maximum Gasteiger partial charge on any atom is 0.200 e. The quantitative estimate of drug-likeness (QED) is 0.0900. The van der Waals surface area contributed by atoms with E-state index in [4.69, 9.17) is 18.3 Å². The summed E-state index contributed by atoms with van der Waals surface area (Å²) in [6, 6.07) is 11.2. The Morgan fingerprint density at radius 1 is 0.895 bits per heavy atom. The Morgan fingerprint density at radius 3 is 1.89 bits per heavy atom. The van der Waals surface area contributed by atoms with Crippen LogP contribution in [0.3, 0.4) is 0 Å². The molecular formula is C31H56O5Si2. The maximum absolute atomic E-state index is 11.6. The number of rotatable bonds is 20. The number of benzene rings is 1. The Hall–Kier alpha value is -1.26. The first-order valence-corrected chi connectivity index (χ1v) is 19.3. The highest BCUT2D eigenvalue weighted by atomic mass is 28.4. The third-order valence-electron chi connectivity index (χ3n) is 8.33. The van der Waals surface area contributed by atoms with Gasteiger partial charge in [-0.25, -0.2) is 0 Å². The summed E-state index contributed by atoms with van der Waals surface area (Å²) in [5.41, 5.74) is 3.77. The standard InChI is InChI=1S/C31H56O5Si2/c1-11-37(12-2,13-3)36-31(24-34-23-29-14-16-30(33-10)17-15-29)22-28(18-20-32)19-21-35-38(25(4)5,26(6)7)27(8)9/h14-17,19-20,25-27,31H,11-13,18,21-24H2,1-10H3/b28-19+/t31-/m1/s1. The molecule has 0 spiro atoms. The molecule has 38 heavy (non-hydrogen) atoms. The van der Waals surface area contributed by atoms with E-state index in [-0.39, 0.29) is 6.10 Å². The van der Waals surface area contributed by atoms with E-state index in [9.17, 15) is 4.79 Å². The van der Waals surface area contributed by atoms with Gasteiger partial charge < -0.3 is 23.1 Å². The molecule has 0 N–H and O–H groups in total. The zero-order valence-corrected chi connectivity index (χ0v) is 28.0. The molecule has 5 nitrogen and oxygen atoms in total. The van der Waals surface area contributed by atoms with Crippen molar-refractivity contribution in [3.63, 3.8) is 0 Å². The normalized spacial score (nSPS) is 14.0. The molecule has 0 unspecified atom stereocenters. The third kappa shape index (κ3) is 10.0. The molecule has 0 saturated heterocycles. The lowest BCUT2D eigenvalue weighted by molar-refractivity contribution is -0.107. The van der Waals surface area contributed by atoms with Crippen LogP contribution in [0.4, 0.5) is 0 Å². The summed E-state index contributed by atoms with van der Waals surface area (Å²) in [6.07, 6.45) is 4.17. The first kappa shape index (κ1) is 34.8. The number of methoxy groups -OCH3 is 1. The first-order valence-electron chi connectivity index (χ1n) is 14.7. The van der Waals surface area contributed by atoms with E-state index in [1.165, 1.54) is 0 Å². The number of hydrogen-bond acceptors (Lipinski definition) is 5. The lowest BCUT2D eigenvalue weighted by atomic mass is 10.1. The molecule has 0 aliphatic heterocycles. The van der Waals surface area contributed by atoms with Crippen molar-refractivity contribution in [2.45, 2.75) is 123 Å². The fourth-order valence-electron chi connectivity index (χ4n) is 5.97. The minimum atomic E-state index is -1.97. The van der Waals surface area contributed by atoms with Gasteiger partial charge in [0.1, 0.15) is 12.0 Å². The fourth-order valence-corrected chi connectivity index (χ4v) is 14.2. The number of aldehydes is 1. The van der Waals surface area contributed by atoms with Crippen LogP contribution in [0.5, 0.6) is 5.75 Å². The molecule has 0 radical (unpaired) electrons. The molecule has 1 rings (SSSR count). The largest absolute Gasteiger partial charge is 0.497 e. The molecule has 0 bridgehead atoms. The lowest BCUT2D eigenvalue weighted by Gasteiger charge is -2.42. The molecule has 0 aliphatic carbocycles. The minimum absolute atomic E-state index is 0.0757. The maximum atomic E-state index is 11.6. The zero-order chi connectivity index (χ0) is 28.8. The molecule has 0 saturated carbocycles. The van der Waals surface area contributed by atoms with Gasteiger partial charge in [-0.1, -0.05) is 86.1 Å². The van der Waals surface area contributed by atoms with Crippen molar-refractivity contribution in [1.29, 1.82) is 0 Å². The molecule has 0 heterocycles. The Kier molecular flexibility index (Phi) is 16.0. The van der Waals surface area contributed by atoms with E-state index in [1.54, 1.807) is 7.11 Å². The molecule has 0 fully saturated rings. The molecule has 0 aromatic heterocycles. The summed E-state index contributed by atoms with van der Waals surface area (Å²) in [4.78, 5) is 11.6. The van der Waals surface area contributed by atoms with Crippen LogP contribution in [0.15, 0.2) is 35.9 Å². The molecular weight excluding hydrogens is 509 g/mol. The second-order valence-electron chi connectivity index (χ2n) is 11.4.